The van der Waals surface area contributed by atoms with Crippen molar-refractivity contribution in [2.45, 2.75) is 6.42 Å². The van der Waals surface area contributed by atoms with Crippen LogP contribution in [0.15, 0.2) is 34.9 Å². The lowest BCUT2D eigenvalue weighted by Crippen LogP contribution is -2.16. The fourth-order valence-corrected chi connectivity index (χ4v) is 2.24. The van der Waals surface area contributed by atoms with E-state index in [9.17, 15) is 0 Å². The zero-order valence-electron chi connectivity index (χ0n) is 10.8. The summed E-state index contributed by atoms with van der Waals surface area (Å²) in [5, 5.41) is 4.61. The number of fused-ring (bicyclic) bond motifs is 1. The van der Waals surface area contributed by atoms with E-state index in [0.29, 0.717) is 0 Å². The Morgan fingerprint density at radius 2 is 2.17 bits per heavy atom. The van der Waals surface area contributed by atoms with Crippen LogP contribution < -0.4 is 5.32 Å². The van der Waals surface area contributed by atoms with E-state index in [1.165, 1.54) is 0 Å². The summed E-state index contributed by atoms with van der Waals surface area (Å²) >= 11 is 3.45. The lowest BCUT2D eigenvalue weighted by Gasteiger charge is -2.12. The fourth-order valence-electron chi connectivity index (χ4n) is 1.89. The Hall–Kier alpha value is -1.13. The molecule has 4 heteroatoms. The molecule has 2 rings (SSSR count). The third-order valence-electron chi connectivity index (χ3n) is 2.78. The van der Waals surface area contributed by atoms with Crippen LogP contribution in [0.25, 0.3) is 10.9 Å². The van der Waals surface area contributed by atoms with Gasteiger partial charge in [0.2, 0.25) is 0 Å². The normalized spacial score (nSPS) is 11.1. The van der Waals surface area contributed by atoms with Crippen LogP contribution in [0.4, 0.5) is 5.69 Å². The number of hydrogen-bond donors (Lipinski definition) is 1. The van der Waals surface area contributed by atoms with E-state index in [2.05, 4.69) is 69.5 Å². The van der Waals surface area contributed by atoms with Crippen LogP contribution in [0.5, 0.6) is 0 Å². The monoisotopic (exact) mass is 307 g/mol. The van der Waals surface area contributed by atoms with E-state index >= 15 is 0 Å². The maximum Gasteiger partial charge on any atom is 0.0934 e. The van der Waals surface area contributed by atoms with Crippen LogP contribution in [0.2, 0.25) is 0 Å². The molecule has 1 heterocycles. The van der Waals surface area contributed by atoms with Gasteiger partial charge < -0.3 is 10.2 Å². The summed E-state index contributed by atoms with van der Waals surface area (Å²) in [7, 11) is 4.19. The number of aromatic nitrogens is 1. The molecular weight excluding hydrogens is 290 g/mol. The highest BCUT2D eigenvalue weighted by Crippen LogP contribution is 2.23. The molecule has 1 aromatic heterocycles. The van der Waals surface area contributed by atoms with Crippen LogP contribution in [-0.4, -0.2) is 37.1 Å². The number of anilines is 1. The largest absolute Gasteiger partial charge is 0.383 e. The first kappa shape index (κ1) is 13.3. The van der Waals surface area contributed by atoms with Gasteiger partial charge in [-0.25, -0.2) is 0 Å². The summed E-state index contributed by atoms with van der Waals surface area (Å²) in [6.45, 7) is 2.06. The Morgan fingerprint density at radius 1 is 1.33 bits per heavy atom. The van der Waals surface area contributed by atoms with Gasteiger partial charge in [-0.2, -0.15) is 0 Å². The van der Waals surface area contributed by atoms with E-state index < -0.39 is 0 Å². The molecule has 0 radical (unpaired) electrons. The SMILES string of the molecule is CN(C)CCCNc1cccc2cc(Br)cnc12. The molecule has 0 bridgehead atoms. The molecule has 0 spiro atoms. The van der Waals surface area contributed by atoms with E-state index in [1.807, 2.05) is 6.20 Å². The van der Waals surface area contributed by atoms with Gasteiger partial charge in [-0.05, 0) is 55.1 Å². The van der Waals surface area contributed by atoms with Crippen molar-refractivity contribution < 1.29 is 0 Å². The van der Waals surface area contributed by atoms with Crippen LogP contribution in [0.3, 0.4) is 0 Å². The molecule has 1 aromatic carbocycles. The van der Waals surface area contributed by atoms with Crippen molar-refractivity contribution in [2.24, 2.45) is 0 Å². The van der Waals surface area contributed by atoms with Crippen LogP contribution >= 0.6 is 15.9 Å². The van der Waals surface area contributed by atoms with Gasteiger partial charge >= 0.3 is 0 Å². The second kappa shape index (κ2) is 6.16. The van der Waals surface area contributed by atoms with E-state index in [1.54, 1.807) is 0 Å². The lowest BCUT2D eigenvalue weighted by atomic mass is 10.2. The Bertz CT molecular complexity index is 525. The van der Waals surface area contributed by atoms with Crippen molar-refractivity contribution in [3.8, 4) is 0 Å². The molecule has 0 saturated carbocycles. The summed E-state index contributed by atoms with van der Waals surface area (Å²) in [5.74, 6) is 0. The number of para-hydroxylation sites is 1. The highest BCUT2D eigenvalue weighted by molar-refractivity contribution is 9.10. The first-order valence-electron chi connectivity index (χ1n) is 6.10. The maximum atomic E-state index is 4.47. The minimum absolute atomic E-state index is 0.967. The smallest absolute Gasteiger partial charge is 0.0934 e. The highest BCUT2D eigenvalue weighted by atomic mass is 79.9. The average molecular weight is 308 g/mol. The summed E-state index contributed by atoms with van der Waals surface area (Å²) in [6.07, 6.45) is 2.97. The quantitative estimate of drug-likeness (QED) is 0.859. The number of nitrogens with zero attached hydrogens (tertiary/aromatic N) is 2. The Labute approximate surface area is 116 Å². The lowest BCUT2D eigenvalue weighted by molar-refractivity contribution is 0.405. The van der Waals surface area contributed by atoms with Gasteiger partial charge in [-0.1, -0.05) is 12.1 Å². The van der Waals surface area contributed by atoms with Gasteiger partial charge in [0.1, 0.15) is 0 Å². The molecule has 3 nitrogen and oxygen atoms in total. The Balaban J connectivity index is 2.08. The standard InChI is InChI=1S/C14H18BrN3/c1-18(2)8-4-7-16-13-6-3-5-11-9-12(15)10-17-14(11)13/h3,5-6,9-10,16H,4,7-8H2,1-2H3. The minimum atomic E-state index is 0.967. The molecule has 0 fully saturated rings. The number of nitrogens with one attached hydrogen (secondary N) is 1. The molecule has 18 heavy (non-hydrogen) atoms. The summed E-state index contributed by atoms with van der Waals surface area (Å²) in [5.41, 5.74) is 2.14. The van der Waals surface area contributed by atoms with Crippen molar-refractivity contribution in [3.63, 3.8) is 0 Å². The molecule has 0 aliphatic heterocycles. The zero-order valence-corrected chi connectivity index (χ0v) is 12.4. The molecule has 0 amide bonds. The summed E-state index contributed by atoms with van der Waals surface area (Å²) in [6, 6.07) is 8.31. The van der Waals surface area contributed by atoms with Crippen LogP contribution in [0.1, 0.15) is 6.42 Å². The predicted molar refractivity (Wildman–Crippen MR) is 81.1 cm³/mol. The highest BCUT2D eigenvalue weighted by Gasteiger charge is 2.02. The molecule has 0 saturated heterocycles. The number of rotatable bonds is 5. The summed E-state index contributed by atoms with van der Waals surface area (Å²) < 4.78 is 1.01. The second-order valence-corrected chi connectivity index (χ2v) is 5.53. The molecule has 96 valence electrons. The van der Waals surface area contributed by atoms with Gasteiger partial charge in [0.15, 0.2) is 0 Å². The van der Waals surface area contributed by atoms with Gasteiger partial charge in [-0.15, -0.1) is 0 Å². The van der Waals surface area contributed by atoms with E-state index in [-0.39, 0.29) is 0 Å². The van der Waals surface area contributed by atoms with Crippen LogP contribution in [0, 0.1) is 0 Å². The first-order chi connectivity index (χ1) is 8.66. The molecule has 1 N–H and O–H groups in total. The molecule has 2 aromatic rings. The molecular formula is C14H18BrN3. The topological polar surface area (TPSA) is 28.2 Å². The van der Waals surface area contributed by atoms with Gasteiger partial charge in [0.25, 0.3) is 0 Å². The van der Waals surface area contributed by atoms with E-state index in [0.717, 1.165) is 40.6 Å². The summed E-state index contributed by atoms with van der Waals surface area (Å²) in [4.78, 5) is 6.67. The second-order valence-electron chi connectivity index (χ2n) is 4.61. The molecule has 0 unspecified atom stereocenters. The Kier molecular flexibility index (Phi) is 4.55. The minimum Gasteiger partial charge on any atom is -0.383 e. The number of hydrogen-bond acceptors (Lipinski definition) is 3. The van der Waals surface area contributed by atoms with E-state index in [4.69, 9.17) is 0 Å². The van der Waals surface area contributed by atoms with Crippen molar-refractivity contribution >= 4 is 32.5 Å². The average Bonchev–Trinajstić information content (AvgIpc) is 2.34. The van der Waals surface area contributed by atoms with Gasteiger partial charge in [0, 0.05) is 22.6 Å². The molecule has 0 aliphatic rings. The number of pyridine rings is 1. The number of halogens is 1. The maximum absolute atomic E-state index is 4.47. The zero-order chi connectivity index (χ0) is 13.0. The van der Waals surface area contributed by atoms with Crippen molar-refractivity contribution in [3.05, 3.63) is 34.9 Å². The van der Waals surface area contributed by atoms with Crippen molar-refractivity contribution in [1.29, 1.82) is 0 Å². The number of benzene rings is 1. The predicted octanol–water partition coefficient (Wildman–Crippen LogP) is 3.36. The third kappa shape index (κ3) is 3.43. The third-order valence-corrected chi connectivity index (χ3v) is 3.21. The molecule has 0 atom stereocenters. The van der Waals surface area contributed by atoms with Crippen LogP contribution in [-0.2, 0) is 0 Å². The fraction of sp³-hybridized carbons (Fsp3) is 0.357. The molecule has 0 aliphatic carbocycles. The van der Waals surface area contributed by atoms with Crippen molar-refractivity contribution in [2.75, 3.05) is 32.5 Å². The Morgan fingerprint density at radius 3 is 2.94 bits per heavy atom. The van der Waals surface area contributed by atoms with Gasteiger partial charge in [0.05, 0.1) is 11.2 Å². The van der Waals surface area contributed by atoms with Crippen molar-refractivity contribution in [1.82, 2.24) is 9.88 Å². The van der Waals surface area contributed by atoms with Gasteiger partial charge in [-0.3, -0.25) is 4.98 Å². The first-order valence-corrected chi connectivity index (χ1v) is 6.89.